The van der Waals surface area contributed by atoms with E-state index < -0.39 is 16.1 Å². The van der Waals surface area contributed by atoms with Crippen LogP contribution in [-0.4, -0.2) is 56.9 Å². The van der Waals surface area contributed by atoms with Crippen molar-refractivity contribution < 1.29 is 22.7 Å². The number of carbonyl (C=O) groups is 2. The lowest BCUT2D eigenvalue weighted by Crippen LogP contribution is -2.45. The molecule has 148 valence electrons. The van der Waals surface area contributed by atoms with E-state index in [0.717, 1.165) is 18.4 Å². The highest BCUT2D eigenvalue weighted by Gasteiger charge is 2.31. The third-order valence-corrected chi connectivity index (χ3v) is 6.61. The first-order valence-electron chi connectivity index (χ1n) is 9.13. The van der Waals surface area contributed by atoms with Crippen molar-refractivity contribution >= 4 is 21.8 Å². The number of sulfonamides is 1. The van der Waals surface area contributed by atoms with E-state index in [9.17, 15) is 18.0 Å². The number of amides is 2. The Morgan fingerprint density at radius 2 is 1.81 bits per heavy atom. The largest absolute Gasteiger partial charge is 0.379 e. The molecular weight excluding hydrogens is 370 g/mol. The Morgan fingerprint density at radius 1 is 1.19 bits per heavy atom. The molecule has 0 aromatic heterocycles. The standard InChI is InChI=1S/C18H25N3O5S/c1-13(20-18(23)15-4-5-15)17(22)19-12-14-2-6-16(7-3-14)27(24,25)21-8-10-26-11-9-21/h2-3,6-7,13,15H,4-5,8-12H2,1H3,(H,19,22)(H,20,23)/t13-/m0/s1. The fourth-order valence-corrected chi connectivity index (χ4v) is 4.21. The molecule has 3 rings (SSSR count). The predicted octanol–water partition coefficient (Wildman–Crippen LogP) is 0.238. The lowest BCUT2D eigenvalue weighted by Gasteiger charge is -2.26. The number of nitrogens with zero attached hydrogens (tertiary/aromatic N) is 1. The molecule has 0 unspecified atom stereocenters. The summed E-state index contributed by atoms with van der Waals surface area (Å²) in [6.07, 6.45) is 1.78. The fraction of sp³-hybridized carbons (Fsp3) is 0.556. The molecule has 0 bridgehead atoms. The van der Waals surface area contributed by atoms with Crippen molar-refractivity contribution in [2.75, 3.05) is 26.3 Å². The number of morpholine rings is 1. The predicted molar refractivity (Wildman–Crippen MR) is 98.2 cm³/mol. The molecule has 1 aliphatic carbocycles. The van der Waals surface area contributed by atoms with Crippen LogP contribution in [0.4, 0.5) is 0 Å². The summed E-state index contributed by atoms with van der Waals surface area (Å²) in [7, 11) is -3.52. The van der Waals surface area contributed by atoms with Crippen LogP contribution >= 0.6 is 0 Å². The number of carbonyl (C=O) groups excluding carboxylic acids is 2. The normalized spacial score (nSPS) is 19.3. The first-order valence-corrected chi connectivity index (χ1v) is 10.6. The fourth-order valence-electron chi connectivity index (χ4n) is 2.80. The maximum Gasteiger partial charge on any atom is 0.243 e. The zero-order valence-corrected chi connectivity index (χ0v) is 16.1. The second-order valence-electron chi connectivity index (χ2n) is 6.88. The molecule has 1 saturated carbocycles. The van der Waals surface area contributed by atoms with Gasteiger partial charge in [0.15, 0.2) is 0 Å². The summed E-state index contributed by atoms with van der Waals surface area (Å²) in [5.41, 5.74) is 0.782. The van der Waals surface area contributed by atoms with Crippen LogP contribution in [0.1, 0.15) is 25.3 Å². The van der Waals surface area contributed by atoms with Gasteiger partial charge in [0, 0.05) is 25.6 Å². The van der Waals surface area contributed by atoms with E-state index in [0.29, 0.717) is 26.3 Å². The summed E-state index contributed by atoms with van der Waals surface area (Å²) in [6, 6.07) is 5.86. The van der Waals surface area contributed by atoms with Gasteiger partial charge < -0.3 is 15.4 Å². The highest BCUT2D eigenvalue weighted by molar-refractivity contribution is 7.89. The van der Waals surface area contributed by atoms with E-state index in [-0.39, 0.29) is 29.2 Å². The van der Waals surface area contributed by atoms with E-state index in [1.807, 2.05) is 0 Å². The van der Waals surface area contributed by atoms with Crippen LogP contribution in [0.5, 0.6) is 0 Å². The molecule has 2 amide bonds. The maximum atomic E-state index is 12.6. The lowest BCUT2D eigenvalue weighted by molar-refractivity contribution is -0.129. The van der Waals surface area contributed by atoms with E-state index in [2.05, 4.69) is 10.6 Å². The summed E-state index contributed by atoms with van der Waals surface area (Å²) in [5, 5.41) is 5.45. The van der Waals surface area contributed by atoms with Crippen LogP contribution < -0.4 is 10.6 Å². The average Bonchev–Trinajstić information content (AvgIpc) is 3.52. The summed E-state index contributed by atoms with van der Waals surface area (Å²) in [5.74, 6) is -0.287. The maximum absolute atomic E-state index is 12.6. The first-order chi connectivity index (χ1) is 12.9. The molecule has 8 nitrogen and oxygen atoms in total. The van der Waals surface area contributed by atoms with Gasteiger partial charge in [0.25, 0.3) is 0 Å². The van der Waals surface area contributed by atoms with Gasteiger partial charge in [-0.1, -0.05) is 12.1 Å². The highest BCUT2D eigenvalue weighted by atomic mass is 32.2. The Labute approximate surface area is 159 Å². The van der Waals surface area contributed by atoms with Crippen molar-refractivity contribution in [1.29, 1.82) is 0 Å². The van der Waals surface area contributed by atoms with Crippen molar-refractivity contribution in [2.45, 2.75) is 37.2 Å². The van der Waals surface area contributed by atoms with Crippen molar-refractivity contribution in [3.8, 4) is 0 Å². The number of ether oxygens (including phenoxy) is 1. The summed E-state index contributed by atoms with van der Waals surface area (Å²) < 4.78 is 31.8. The molecule has 2 fully saturated rings. The van der Waals surface area contributed by atoms with Crippen LogP contribution in [0, 0.1) is 5.92 Å². The van der Waals surface area contributed by atoms with Gasteiger partial charge in [0.2, 0.25) is 21.8 Å². The number of hydrogen-bond donors (Lipinski definition) is 2. The van der Waals surface area contributed by atoms with Gasteiger partial charge in [-0.25, -0.2) is 8.42 Å². The number of rotatable bonds is 7. The number of nitrogens with one attached hydrogen (secondary N) is 2. The topological polar surface area (TPSA) is 105 Å². The molecule has 2 N–H and O–H groups in total. The summed E-state index contributed by atoms with van der Waals surface area (Å²) >= 11 is 0. The smallest absolute Gasteiger partial charge is 0.243 e. The second-order valence-corrected chi connectivity index (χ2v) is 8.82. The van der Waals surface area contributed by atoms with E-state index >= 15 is 0 Å². The molecule has 1 atom stereocenters. The van der Waals surface area contributed by atoms with E-state index in [1.54, 1.807) is 31.2 Å². The van der Waals surface area contributed by atoms with Crippen molar-refractivity contribution in [3.63, 3.8) is 0 Å². The summed E-state index contributed by atoms with van der Waals surface area (Å²) in [6.45, 7) is 3.42. The van der Waals surface area contributed by atoms with Crippen molar-refractivity contribution in [3.05, 3.63) is 29.8 Å². The van der Waals surface area contributed by atoms with Gasteiger partial charge in [-0.15, -0.1) is 0 Å². The van der Waals surface area contributed by atoms with Gasteiger partial charge in [0.1, 0.15) is 6.04 Å². The molecule has 0 radical (unpaired) electrons. The minimum atomic E-state index is -3.52. The molecule has 9 heteroatoms. The molecular formula is C18H25N3O5S. The van der Waals surface area contributed by atoms with Crippen LogP contribution in [-0.2, 0) is 30.9 Å². The van der Waals surface area contributed by atoms with Crippen molar-refractivity contribution in [2.24, 2.45) is 5.92 Å². The van der Waals surface area contributed by atoms with Gasteiger partial charge in [-0.3, -0.25) is 9.59 Å². The van der Waals surface area contributed by atoms with Gasteiger partial charge in [0.05, 0.1) is 18.1 Å². The average molecular weight is 395 g/mol. The molecule has 2 aliphatic rings. The Balaban J connectivity index is 1.52. The lowest BCUT2D eigenvalue weighted by atomic mass is 10.2. The Morgan fingerprint density at radius 3 is 2.41 bits per heavy atom. The third-order valence-electron chi connectivity index (χ3n) is 4.70. The Bertz CT molecular complexity index is 784. The van der Waals surface area contributed by atoms with Gasteiger partial charge in [-0.2, -0.15) is 4.31 Å². The summed E-state index contributed by atoms with van der Waals surface area (Å²) in [4.78, 5) is 24.0. The van der Waals surface area contributed by atoms with Crippen LogP contribution in [0.15, 0.2) is 29.2 Å². The zero-order chi connectivity index (χ0) is 19.4. The minimum Gasteiger partial charge on any atom is -0.379 e. The van der Waals surface area contributed by atoms with Crippen LogP contribution in [0.25, 0.3) is 0 Å². The molecule has 0 spiro atoms. The molecule has 1 saturated heterocycles. The van der Waals surface area contributed by atoms with Crippen LogP contribution in [0.3, 0.4) is 0 Å². The molecule has 1 aliphatic heterocycles. The Kier molecular flexibility index (Phi) is 6.13. The monoisotopic (exact) mass is 395 g/mol. The van der Waals surface area contributed by atoms with Crippen LogP contribution in [0.2, 0.25) is 0 Å². The third kappa shape index (κ3) is 5.06. The second kappa shape index (κ2) is 8.37. The zero-order valence-electron chi connectivity index (χ0n) is 15.3. The minimum absolute atomic E-state index is 0.0567. The van der Waals surface area contributed by atoms with Gasteiger partial charge >= 0.3 is 0 Å². The highest BCUT2D eigenvalue weighted by Crippen LogP contribution is 2.28. The van der Waals surface area contributed by atoms with E-state index in [4.69, 9.17) is 4.74 Å². The first kappa shape index (κ1) is 19.8. The molecule has 1 heterocycles. The molecule has 27 heavy (non-hydrogen) atoms. The van der Waals surface area contributed by atoms with E-state index in [1.165, 1.54) is 4.31 Å². The van der Waals surface area contributed by atoms with Crippen molar-refractivity contribution in [1.82, 2.24) is 14.9 Å². The number of hydrogen-bond acceptors (Lipinski definition) is 5. The quantitative estimate of drug-likeness (QED) is 0.688. The van der Waals surface area contributed by atoms with Gasteiger partial charge in [-0.05, 0) is 37.5 Å². The molecule has 1 aromatic carbocycles. The number of benzene rings is 1. The Hall–Kier alpha value is -1.97. The SMILES string of the molecule is C[C@H](NC(=O)C1CC1)C(=O)NCc1ccc(S(=O)(=O)N2CCOCC2)cc1. The molecule has 1 aromatic rings.